The van der Waals surface area contributed by atoms with Crippen LogP contribution in [0.25, 0.3) is 0 Å². The molecule has 1 aromatic carbocycles. The van der Waals surface area contributed by atoms with Crippen LogP contribution in [0.3, 0.4) is 0 Å². The molecule has 31 heavy (non-hydrogen) atoms. The van der Waals surface area contributed by atoms with Gasteiger partial charge in [0.05, 0.1) is 18.1 Å². The number of sulfonamides is 1. The van der Waals surface area contributed by atoms with E-state index in [1.165, 1.54) is 22.1 Å². The molecule has 0 spiro atoms. The van der Waals surface area contributed by atoms with E-state index in [1.807, 2.05) is 6.92 Å². The molecular weight excluding hydrogens is 506 g/mol. The molecule has 2 rings (SSSR count). The van der Waals surface area contributed by atoms with Crippen LogP contribution in [0.5, 0.6) is 0 Å². The Kier molecular flexibility index (Phi) is 10.1. The van der Waals surface area contributed by atoms with E-state index in [9.17, 15) is 18.0 Å². The Morgan fingerprint density at radius 1 is 1.16 bits per heavy atom. The van der Waals surface area contributed by atoms with Gasteiger partial charge in [-0.2, -0.15) is 16.1 Å². The van der Waals surface area contributed by atoms with Crippen molar-refractivity contribution in [2.45, 2.75) is 43.0 Å². The van der Waals surface area contributed by atoms with Crippen molar-refractivity contribution in [1.29, 1.82) is 0 Å². The molecular formula is C21H28BrNO6S2. The Labute approximate surface area is 196 Å². The van der Waals surface area contributed by atoms with Gasteiger partial charge >= 0.3 is 11.9 Å². The minimum atomic E-state index is -3.61. The van der Waals surface area contributed by atoms with Crippen LogP contribution in [0.15, 0.2) is 40.8 Å². The number of aryl methyl sites for hydroxylation is 1. The second-order valence-corrected chi connectivity index (χ2v) is 11.2. The lowest BCUT2D eigenvalue weighted by Crippen LogP contribution is -2.37. The van der Waals surface area contributed by atoms with Crippen molar-refractivity contribution in [3.63, 3.8) is 0 Å². The fourth-order valence-corrected chi connectivity index (χ4v) is 6.86. The number of halogens is 1. The van der Waals surface area contributed by atoms with Gasteiger partial charge < -0.3 is 9.47 Å². The van der Waals surface area contributed by atoms with Gasteiger partial charge in [0.2, 0.25) is 10.0 Å². The monoisotopic (exact) mass is 533 g/mol. The molecule has 0 saturated carbocycles. The van der Waals surface area contributed by atoms with E-state index in [-0.39, 0.29) is 34.6 Å². The SMILES string of the molecule is CCOC(=O)C(=CCSC[C@@H]1CC(Br)CN1S(=O)(=O)c1ccc(C)cc1)C(=O)OCC. The standard InChI is InChI=1S/C21H28BrNO6S2/c1-4-28-20(24)19(21(25)29-5-2)10-11-30-14-17-12-16(22)13-23(17)31(26,27)18-8-6-15(3)7-9-18/h6-10,16-17H,4-5,11-14H2,1-3H3/t16?,17-/m0/s1. The number of nitrogens with zero attached hydrogens (tertiary/aromatic N) is 1. The molecule has 1 fully saturated rings. The smallest absolute Gasteiger partial charge is 0.345 e. The summed E-state index contributed by atoms with van der Waals surface area (Å²) in [4.78, 5) is 24.4. The molecule has 1 heterocycles. The van der Waals surface area contributed by atoms with Gasteiger partial charge in [-0.05, 0) is 39.3 Å². The molecule has 10 heteroatoms. The van der Waals surface area contributed by atoms with Crippen LogP contribution < -0.4 is 0 Å². The first-order chi connectivity index (χ1) is 14.7. The third-order valence-electron chi connectivity index (χ3n) is 4.65. The highest BCUT2D eigenvalue weighted by Crippen LogP contribution is 2.31. The Bertz CT molecular complexity index is 881. The highest BCUT2D eigenvalue weighted by Gasteiger charge is 2.39. The number of esters is 2. The first-order valence-electron chi connectivity index (χ1n) is 10.0. The third-order valence-corrected chi connectivity index (χ3v) is 8.27. The largest absolute Gasteiger partial charge is 0.462 e. The van der Waals surface area contributed by atoms with Crippen molar-refractivity contribution in [1.82, 2.24) is 4.31 Å². The lowest BCUT2D eigenvalue weighted by Gasteiger charge is -2.23. The highest BCUT2D eigenvalue weighted by atomic mass is 79.9. The predicted molar refractivity (Wildman–Crippen MR) is 125 cm³/mol. The summed E-state index contributed by atoms with van der Waals surface area (Å²) in [5.41, 5.74) is 0.863. The number of ether oxygens (including phenoxy) is 2. The molecule has 7 nitrogen and oxygen atoms in total. The predicted octanol–water partition coefficient (Wildman–Crippen LogP) is 3.31. The summed E-state index contributed by atoms with van der Waals surface area (Å²) < 4.78 is 37.6. The van der Waals surface area contributed by atoms with Gasteiger partial charge in [-0.3, -0.25) is 0 Å². The number of rotatable bonds is 10. The minimum Gasteiger partial charge on any atom is -0.462 e. The number of carbonyl (C=O) groups excluding carboxylic acids is 2. The fraction of sp³-hybridized carbons (Fsp3) is 0.524. The van der Waals surface area contributed by atoms with Gasteiger partial charge in [0.25, 0.3) is 0 Å². The summed E-state index contributed by atoms with van der Waals surface area (Å²) in [5, 5.41) is 0. The van der Waals surface area contributed by atoms with Gasteiger partial charge in [-0.25, -0.2) is 18.0 Å². The van der Waals surface area contributed by atoms with E-state index < -0.39 is 22.0 Å². The second-order valence-electron chi connectivity index (χ2n) is 6.97. The molecule has 0 aromatic heterocycles. The molecule has 1 aliphatic heterocycles. The summed E-state index contributed by atoms with van der Waals surface area (Å²) in [5.74, 6) is -0.546. The van der Waals surface area contributed by atoms with Crippen molar-refractivity contribution >= 4 is 49.7 Å². The normalized spacial score (nSPS) is 19.1. The van der Waals surface area contributed by atoms with Gasteiger partial charge in [-0.1, -0.05) is 39.7 Å². The lowest BCUT2D eigenvalue weighted by atomic mass is 10.2. The summed E-state index contributed by atoms with van der Waals surface area (Å²) in [7, 11) is -3.61. The number of carbonyl (C=O) groups is 2. The van der Waals surface area contributed by atoms with Crippen molar-refractivity contribution in [2.75, 3.05) is 31.3 Å². The summed E-state index contributed by atoms with van der Waals surface area (Å²) in [6.45, 7) is 5.94. The van der Waals surface area contributed by atoms with E-state index >= 15 is 0 Å². The van der Waals surface area contributed by atoms with E-state index in [0.717, 1.165) is 5.56 Å². The molecule has 1 aliphatic rings. The molecule has 0 radical (unpaired) electrons. The van der Waals surface area contributed by atoms with E-state index in [4.69, 9.17) is 9.47 Å². The maximum Gasteiger partial charge on any atom is 0.345 e. The molecule has 1 unspecified atom stereocenters. The van der Waals surface area contributed by atoms with Crippen LogP contribution in [0.2, 0.25) is 0 Å². The van der Waals surface area contributed by atoms with Crippen molar-refractivity contribution < 1.29 is 27.5 Å². The zero-order valence-corrected chi connectivity index (χ0v) is 21.1. The fourth-order valence-electron chi connectivity index (χ4n) is 3.14. The van der Waals surface area contributed by atoms with Crippen LogP contribution in [0.1, 0.15) is 25.8 Å². The number of alkyl halides is 1. The molecule has 2 atom stereocenters. The average molecular weight is 534 g/mol. The summed E-state index contributed by atoms with van der Waals surface area (Å²) in [6.07, 6.45) is 2.17. The quantitative estimate of drug-likeness (QED) is 0.114. The zero-order valence-electron chi connectivity index (χ0n) is 17.9. The zero-order chi connectivity index (χ0) is 23.0. The highest BCUT2D eigenvalue weighted by molar-refractivity contribution is 9.09. The number of thioether (sulfide) groups is 1. The van der Waals surface area contributed by atoms with Crippen LogP contribution in [0, 0.1) is 6.92 Å². The molecule has 1 aromatic rings. The van der Waals surface area contributed by atoms with Crippen molar-refractivity contribution in [3.05, 3.63) is 41.5 Å². The first kappa shape index (κ1) is 25.9. The Morgan fingerprint density at radius 3 is 2.29 bits per heavy atom. The molecule has 172 valence electrons. The molecule has 0 amide bonds. The average Bonchev–Trinajstić information content (AvgIpc) is 3.10. The lowest BCUT2D eigenvalue weighted by molar-refractivity contribution is -0.146. The van der Waals surface area contributed by atoms with Crippen LogP contribution in [0.4, 0.5) is 0 Å². The summed E-state index contributed by atoms with van der Waals surface area (Å²) >= 11 is 5.00. The second kappa shape index (κ2) is 12.0. The third kappa shape index (κ3) is 7.06. The topological polar surface area (TPSA) is 90.0 Å². The van der Waals surface area contributed by atoms with Crippen molar-refractivity contribution in [2.24, 2.45) is 0 Å². The van der Waals surface area contributed by atoms with E-state index in [2.05, 4.69) is 15.9 Å². The van der Waals surface area contributed by atoms with Gasteiger partial charge in [0.15, 0.2) is 0 Å². The molecule has 0 bridgehead atoms. The van der Waals surface area contributed by atoms with Gasteiger partial charge in [0.1, 0.15) is 5.57 Å². The van der Waals surface area contributed by atoms with Crippen LogP contribution >= 0.6 is 27.7 Å². The van der Waals surface area contributed by atoms with Crippen LogP contribution in [-0.4, -0.2) is 66.8 Å². The minimum absolute atomic E-state index is 0.0727. The van der Waals surface area contributed by atoms with Crippen LogP contribution in [-0.2, 0) is 29.1 Å². The van der Waals surface area contributed by atoms with Crippen molar-refractivity contribution in [3.8, 4) is 0 Å². The molecule has 0 N–H and O–H groups in total. The number of benzene rings is 1. The molecule has 1 saturated heterocycles. The maximum absolute atomic E-state index is 13.1. The number of hydrogen-bond acceptors (Lipinski definition) is 7. The Hall–Kier alpha value is -1.36. The Morgan fingerprint density at radius 2 is 1.74 bits per heavy atom. The number of hydrogen-bond donors (Lipinski definition) is 0. The van der Waals surface area contributed by atoms with E-state index in [0.29, 0.717) is 24.5 Å². The summed E-state index contributed by atoms with van der Waals surface area (Å²) in [6, 6.07) is 6.64. The first-order valence-corrected chi connectivity index (χ1v) is 13.6. The maximum atomic E-state index is 13.1. The van der Waals surface area contributed by atoms with Gasteiger partial charge in [0, 0.05) is 28.9 Å². The Balaban J connectivity index is 2.06. The van der Waals surface area contributed by atoms with E-state index in [1.54, 1.807) is 38.1 Å². The molecule has 0 aliphatic carbocycles. The van der Waals surface area contributed by atoms with Gasteiger partial charge in [-0.15, -0.1) is 0 Å².